The third kappa shape index (κ3) is 3.52. The van der Waals surface area contributed by atoms with E-state index in [0.717, 1.165) is 22.3 Å². The minimum Gasteiger partial charge on any atom is -0.480 e. The van der Waals surface area contributed by atoms with Crippen LogP contribution in [0.3, 0.4) is 0 Å². The highest BCUT2D eigenvalue weighted by atomic mass is 16.5. The molecule has 0 radical (unpaired) electrons. The van der Waals surface area contributed by atoms with E-state index in [0.29, 0.717) is 0 Å². The lowest BCUT2D eigenvalue weighted by atomic mass is 9.85. The van der Waals surface area contributed by atoms with E-state index in [1.807, 2.05) is 48.5 Å². The van der Waals surface area contributed by atoms with E-state index in [1.54, 1.807) is 13.8 Å². The van der Waals surface area contributed by atoms with E-state index >= 15 is 0 Å². The lowest BCUT2D eigenvalue weighted by molar-refractivity contribution is -0.141. The molecule has 0 heterocycles. The molecular formula is C22H21NO4. The molecule has 0 bridgehead atoms. The van der Waals surface area contributed by atoms with Crippen LogP contribution in [-0.2, 0) is 9.53 Å². The van der Waals surface area contributed by atoms with Crippen LogP contribution in [0.1, 0.15) is 30.9 Å². The van der Waals surface area contributed by atoms with Gasteiger partial charge in [-0.2, -0.15) is 0 Å². The Kier molecular flexibility index (Phi) is 4.91. The van der Waals surface area contributed by atoms with Gasteiger partial charge in [0.2, 0.25) is 0 Å². The summed E-state index contributed by atoms with van der Waals surface area (Å²) in [7, 11) is 0. The van der Waals surface area contributed by atoms with Crippen molar-refractivity contribution in [1.82, 2.24) is 5.32 Å². The fourth-order valence-electron chi connectivity index (χ4n) is 3.39. The number of fused-ring (bicyclic) bond motifs is 3. The van der Waals surface area contributed by atoms with E-state index in [2.05, 4.69) is 11.2 Å². The number of alkyl carbamates (subject to hydrolysis) is 1. The van der Waals surface area contributed by atoms with Crippen molar-refractivity contribution < 1.29 is 19.4 Å². The van der Waals surface area contributed by atoms with Crippen LogP contribution in [0.2, 0.25) is 0 Å². The number of hydrogen-bond acceptors (Lipinski definition) is 3. The Morgan fingerprint density at radius 3 is 2.15 bits per heavy atom. The van der Waals surface area contributed by atoms with Crippen LogP contribution in [-0.4, -0.2) is 29.8 Å². The number of nitrogens with one attached hydrogen (secondary N) is 1. The van der Waals surface area contributed by atoms with Crippen LogP contribution >= 0.6 is 0 Å². The van der Waals surface area contributed by atoms with Crippen molar-refractivity contribution in [3.05, 3.63) is 59.7 Å². The fraction of sp³-hybridized carbons (Fsp3) is 0.273. The van der Waals surface area contributed by atoms with Gasteiger partial charge in [0.15, 0.2) is 0 Å². The standard InChI is InChI=1S/C22H21NO4/c1-4-22(2,3)19(20(24)25)23-21(26)27-13-18-16-11-7-5-9-14(16)15-10-6-8-12-17(15)18/h1,5-12,18-19H,13H2,2-3H3,(H,23,26)(H,24,25)/t19-/m0/s1. The molecule has 0 spiro atoms. The number of aliphatic carboxylic acids is 1. The molecule has 1 amide bonds. The van der Waals surface area contributed by atoms with Gasteiger partial charge in [-0.1, -0.05) is 54.5 Å². The number of hydrogen-bond donors (Lipinski definition) is 2. The highest BCUT2D eigenvalue weighted by Crippen LogP contribution is 2.44. The molecule has 0 aliphatic heterocycles. The molecule has 2 N–H and O–H groups in total. The number of rotatable bonds is 5. The summed E-state index contributed by atoms with van der Waals surface area (Å²) in [5, 5.41) is 11.7. The molecule has 0 unspecified atom stereocenters. The Balaban J connectivity index is 1.74. The van der Waals surface area contributed by atoms with Crippen molar-refractivity contribution in [2.45, 2.75) is 25.8 Å². The molecule has 3 rings (SSSR count). The predicted molar refractivity (Wildman–Crippen MR) is 102 cm³/mol. The third-order valence-corrected chi connectivity index (χ3v) is 4.95. The highest BCUT2D eigenvalue weighted by molar-refractivity contribution is 5.82. The van der Waals surface area contributed by atoms with Gasteiger partial charge in [-0.05, 0) is 36.1 Å². The minimum atomic E-state index is -1.24. The average molecular weight is 363 g/mol. The summed E-state index contributed by atoms with van der Waals surface area (Å²) in [6.07, 6.45) is 4.60. The quantitative estimate of drug-likeness (QED) is 0.796. The molecule has 1 aliphatic rings. The van der Waals surface area contributed by atoms with Gasteiger partial charge in [-0.25, -0.2) is 9.59 Å². The van der Waals surface area contributed by atoms with Crippen molar-refractivity contribution in [2.24, 2.45) is 5.41 Å². The van der Waals surface area contributed by atoms with Crippen LogP contribution in [0.5, 0.6) is 0 Å². The van der Waals surface area contributed by atoms with Gasteiger partial charge >= 0.3 is 12.1 Å². The van der Waals surface area contributed by atoms with Gasteiger partial charge in [0.05, 0.1) is 5.41 Å². The molecule has 2 aromatic rings. The molecule has 0 saturated carbocycles. The fourth-order valence-corrected chi connectivity index (χ4v) is 3.39. The first-order valence-electron chi connectivity index (χ1n) is 8.67. The van der Waals surface area contributed by atoms with Gasteiger partial charge in [-0.3, -0.25) is 0 Å². The van der Waals surface area contributed by atoms with Gasteiger partial charge in [0, 0.05) is 5.92 Å². The molecule has 5 nitrogen and oxygen atoms in total. The van der Waals surface area contributed by atoms with E-state index in [4.69, 9.17) is 11.2 Å². The molecule has 0 saturated heterocycles. The zero-order valence-corrected chi connectivity index (χ0v) is 15.2. The van der Waals surface area contributed by atoms with Gasteiger partial charge < -0.3 is 15.2 Å². The van der Waals surface area contributed by atoms with E-state index in [9.17, 15) is 14.7 Å². The lowest BCUT2D eigenvalue weighted by Crippen LogP contribution is -2.50. The van der Waals surface area contributed by atoms with Crippen molar-refractivity contribution >= 4 is 12.1 Å². The van der Waals surface area contributed by atoms with E-state index in [1.165, 1.54) is 0 Å². The Labute approximate surface area is 158 Å². The second kappa shape index (κ2) is 7.16. The summed E-state index contributed by atoms with van der Waals surface area (Å²) in [6.45, 7) is 3.27. The van der Waals surface area contributed by atoms with E-state index in [-0.39, 0.29) is 12.5 Å². The lowest BCUT2D eigenvalue weighted by Gasteiger charge is -2.26. The highest BCUT2D eigenvalue weighted by Gasteiger charge is 2.36. The summed E-state index contributed by atoms with van der Waals surface area (Å²) >= 11 is 0. The maximum atomic E-state index is 12.2. The summed E-state index contributed by atoms with van der Waals surface area (Å²) in [5.41, 5.74) is 3.38. The first kappa shape index (κ1) is 18.5. The zero-order chi connectivity index (χ0) is 19.6. The summed E-state index contributed by atoms with van der Waals surface area (Å²) in [4.78, 5) is 23.7. The number of carboxylic acid groups (broad SMARTS) is 1. The van der Waals surface area contributed by atoms with Crippen LogP contribution in [0, 0.1) is 17.8 Å². The third-order valence-electron chi connectivity index (χ3n) is 4.95. The maximum absolute atomic E-state index is 12.2. The monoisotopic (exact) mass is 363 g/mol. The second-order valence-electron chi connectivity index (χ2n) is 7.11. The number of ether oxygens (including phenoxy) is 1. The number of carbonyl (C=O) groups is 2. The van der Waals surface area contributed by atoms with Crippen molar-refractivity contribution in [3.63, 3.8) is 0 Å². The molecule has 1 aliphatic carbocycles. The van der Waals surface area contributed by atoms with E-state index < -0.39 is 23.5 Å². The number of terminal acetylenes is 1. The summed E-state index contributed by atoms with van der Waals surface area (Å²) in [6, 6.07) is 14.7. The average Bonchev–Trinajstić information content (AvgIpc) is 2.98. The van der Waals surface area contributed by atoms with Crippen LogP contribution < -0.4 is 5.32 Å². The number of benzene rings is 2. The summed E-state index contributed by atoms with van der Waals surface area (Å²) < 4.78 is 5.38. The van der Waals surface area contributed by atoms with Gasteiger partial charge in [0.25, 0.3) is 0 Å². The second-order valence-corrected chi connectivity index (χ2v) is 7.11. The molecule has 1 atom stereocenters. The largest absolute Gasteiger partial charge is 0.480 e. The van der Waals surface area contributed by atoms with Crippen LogP contribution in [0.4, 0.5) is 4.79 Å². The Hall–Kier alpha value is -3.26. The SMILES string of the molecule is C#CC(C)(C)[C@@H](NC(=O)OCC1c2ccccc2-c2ccccc21)C(=O)O. The van der Waals surface area contributed by atoms with Gasteiger partial charge in [-0.15, -0.1) is 6.42 Å². The van der Waals surface area contributed by atoms with Crippen molar-refractivity contribution in [2.75, 3.05) is 6.61 Å². The topological polar surface area (TPSA) is 75.6 Å². The molecule has 0 fully saturated rings. The Bertz CT molecular complexity index is 880. The summed E-state index contributed by atoms with van der Waals surface area (Å²) in [5.74, 6) is 1.11. The smallest absolute Gasteiger partial charge is 0.407 e. The molecule has 5 heteroatoms. The van der Waals surface area contributed by atoms with Crippen molar-refractivity contribution in [1.29, 1.82) is 0 Å². The van der Waals surface area contributed by atoms with Crippen LogP contribution in [0.25, 0.3) is 11.1 Å². The number of amides is 1. The minimum absolute atomic E-state index is 0.0907. The number of carboxylic acids is 1. The van der Waals surface area contributed by atoms with Gasteiger partial charge in [0.1, 0.15) is 12.6 Å². The van der Waals surface area contributed by atoms with Crippen LogP contribution in [0.15, 0.2) is 48.5 Å². The first-order valence-corrected chi connectivity index (χ1v) is 8.67. The zero-order valence-electron chi connectivity index (χ0n) is 15.2. The molecular weight excluding hydrogens is 342 g/mol. The molecule has 2 aromatic carbocycles. The maximum Gasteiger partial charge on any atom is 0.407 e. The molecule has 0 aromatic heterocycles. The normalized spacial score (nSPS) is 13.8. The Morgan fingerprint density at radius 2 is 1.67 bits per heavy atom. The molecule has 138 valence electrons. The van der Waals surface area contributed by atoms with Crippen molar-refractivity contribution in [3.8, 4) is 23.5 Å². The Morgan fingerprint density at radius 1 is 1.15 bits per heavy atom. The predicted octanol–water partition coefficient (Wildman–Crippen LogP) is 3.64. The molecule has 27 heavy (non-hydrogen) atoms. The first-order chi connectivity index (χ1) is 12.8. The number of carbonyl (C=O) groups excluding carboxylic acids is 1.